The summed E-state index contributed by atoms with van der Waals surface area (Å²) in [6.07, 6.45) is 0. The van der Waals surface area contributed by atoms with Crippen LogP contribution in [0.25, 0.3) is 22.0 Å². The van der Waals surface area contributed by atoms with E-state index in [9.17, 15) is 9.59 Å². The van der Waals surface area contributed by atoms with Crippen LogP contribution in [0.3, 0.4) is 0 Å². The molecule has 4 rings (SSSR count). The monoisotopic (exact) mass is 410 g/mol. The van der Waals surface area contributed by atoms with E-state index >= 15 is 0 Å². The normalized spacial score (nSPS) is 11.6. The minimum absolute atomic E-state index is 0.177. The fraction of sp³-hybridized carbons (Fsp3) is 0.115. The second kappa shape index (κ2) is 9.22. The second-order valence-corrected chi connectivity index (χ2v) is 7.24. The van der Waals surface area contributed by atoms with Gasteiger partial charge in [-0.25, -0.2) is 9.78 Å². The van der Waals surface area contributed by atoms with Crippen LogP contribution in [-0.2, 0) is 9.53 Å². The number of rotatable bonds is 6. The van der Waals surface area contributed by atoms with Gasteiger partial charge in [-0.15, -0.1) is 0 Å². The van der Waals surface area contributed by atoms with Gasteiger partial charge in [-0.05, 0) is 35.7 Å². The Kier molecular flexibility index (Phi) is 6.03. The third-order valence-electron chi connectivity index (χ3n) is 5.04. The third kappa shape index (κ3) is 4.95. The van der Waals surface area contributed by atoms with Gasteiger partial charge < -0.3 is 10.1 Å². The number of pyridine rings is 1. The van der Waals surface area contributed by atoms with Gasteiger partial charge in [0.1, 0.15) is 5.69 Å². The zero-order chi connectivity index (χ0) is 21.6. The van der Waals surface area contributed by atoms with Crippen LogP contribution < -0.4 is 5.32 Å². The first-order valence-electron chi connectivity index (χ1n) is 10.1. The van der Waals surface area contributed by atoms with Crippen LogP contribution in [-0.4, -0.2) is 23.5 Å². The molecule has 0 fully saturated rings. The summed E-state index contributed by atoms with van der Waals surface area (Å²) in [7, 11) is 0. The molecule has 1 atom stereocenters. The van der Waals surface area contributed by atoms with Crippen molar-refractivity contribution >= 4 is 22.8 Å². The van der Waals surface area contributed by atoms with Crippen molar-refractivity contribution in [1.29, 1.82) is 0 Å². The van der Waals surface area contributed by atoms with Crippen LogP contribution in [0.1, 0.15) is 29.0 Å². The molecule has 0 saturated carbocycles. The Bertz CT molecular complexity index is 1200. The van der Waals surface area contributed by atoms with Crippen LogP contribution >= 0.6 is 0 Å². The molecule has 0 saturated heterocycles. The summed E-state index contributed by atoms with van der Waals surface area (Å²) < 4.78 is 5.14. The van der Waals surface area contributed by atoms with Gasteiger partial charge in [0.25, 0.3) is 5.91 Å². The number of nitrogens with zero attached hydrogens (tertiary/aromatic N) is 1. The number of benzene rings is 3. The van der Waals surface area contributed by atoms with Crippen LogP contribution in [0.5, 0.6) is 0 Å². The number of hydrogen-bond acceptors (Lipinski definition) is 4. The molecule has 31 heavy (non-hydrogen) atoms. The zero-order valence-electron chi connectivity index (χ0n) is 17.1. The van der Waals surface area contributed by atoms with E-state index in [1.165, 1.54) is 0 Å². The second-order valence-electron chi connectivity index (χ2n) is 7.24. The minimum atomic E-state index is -0.624. The summed E-state index contributed by atoms with van der Waals surface area (Å²) in [6, 6.07) is 28.8. The van der Waals surface area contributed by atoms with Gasteiger partial charge in [-0.2, -0.15) is 0 Å². The van der Waals surface area contributed by atoms with Crippen molar-refractivity contribution < 1.29 is 14.3 Å². The average Bonchev–Trinajstić information content (AvgIpc) is 2.83. The Balaban J connectivity index is 1.32. The predicted molar refractivity (Wildman–Crippen MR) is 120 cm³/mol. The van der Waals surface area contributed by atoms with Gasteiger partial charge in [0.15, 0.2) is 6.61 Å². The number of para-hydroxylation sites is 1. The van der Waals surface area contributed by atoms with Crippen molar-refractivity contribution in [3.05, 3.63) is 102 Å². The lowest BCUT2D eigenvalue weighted by atomic mass is 10.0. The van der Waals surface area contributed by atoms with Gasteiger partial charge in [0.2, 0.25) is 0 Å². The number of nitrogens with one attached hydrogen (secondary N) is 1. The van der Waals surface area contributed by atoms with Crippen LogP contribution in [0.4, 0.5) is 0 Å². The number of fused-ring (bicyclic) bond motifs is 1. The van der Waals surface area contributed by atoms with E-state index in [-0.39, 0.29) is 24.2 Å². The maximum Gasteiger partial charge on any atom is 0.357 e. The molecule has 1 amide bonds. The molecule has 5 nitrogen and oxygen atoms in total. The van der Waals surface area contributed by atoms with Gasteiger partial charge in [0.05, 0.1) is 11.6 Å². The van der Waals surface area contributed by atoms with E-state index in [1.54, 1.807) is 12.1 Å². The number of hydrogen-bond donors (Lipinski definition) is 1. The fourth-order valence-corrected chi connectivity index (χ4v) is 3.35. The summed E-state index contributed by atoms with van der Waals surface area (Å²) >= 11 is 0. The Labute approximate surface area is 180 Å². The molecule has 5 heteroatoms. The van der Waals surface area contributed by atoms with E-state index in [4.69, 9.17) is 4.74 Å². The smallest absolute Gasteiger partial charge is 0.357 e. The summed E-state index contributed by atoms with van der Waals surface area (Å²) in [5.41, 5.74) is 4.10. The highest BCUT2D eigenvalue weighted by Gasteiger charge is 2.14. The summed E-state index contributed by atoms with van der Waals surface area (Å²) in [5, 5.41) is 3.79. The molecule has 1 N–H and O–H groups in total. The molecular formula is C26H22N2O3. The molecule has 0 radical (unpaired) electrons. The number of ether oxygens (including phenoxy) is 1. The number of esters is 1. The molecule has 1 aromatic heterocycles. The van der Waals surface area contributed by atoms with Crippen molar-refractivity contribution in [3.63, 3.8) is 0 Å². The summed E-state index contributed by atoms with van der Waals surface area (Å²) in [6.45, 7) is 1.53. The Morgan fingerprint density at radius 2 is 1.52 bits per heavy atom. The van der Waals surface area contributed by atoms with Crippen molar-refractivity contribution in [3.8, 4) is 11.1 Å². The van der Waals surface area contributed by atoms with E-state index in [0.717, 1.165) is 22.1 Å². The highest BCUT2D eigenvalue weighted by molar-refractivity contribution is 5.92. The molecule has 0 aliphatic rings. The van der Waals surface area contributed by atoms with Crippen molar-refractivity contribution in [2.24, 2.45) is 0 Å². The zero-order valence-corrected chi connectivity index (χ0v) is 17.1. The Morgan fingerprint density at radius 3 is 2.29 bits per heavy atom. The lowest BCUT2D eigenvalue weighted by molar-refractivity contribution is -0.124. The summed E-state index contributed by atoms with van der Waals surface area (Å²) in [5.74, 6) is -0.991. The molecule has 0 aliphatic carbocycles. The SMILES string of the molecule is CC(NC(=O)COC(=O)c1ccc2ccccc2n1)c1ccc(-c2ccccc2)cc1. The van der Waals surface area contributed by atoms with Crippen LogP contribution in [0.2, 0.25) is 0 Å². The van der Waals surface area contributed by atoms with Gasteiger partial charge >= 0.3 is 5.97 Å². The minimum Gasteiger partial charge on any atom is -0.451 e. The van der Waals surface area contributed by atoms with E-state index < -0.39 is 5.97 Å². The maximum absolute atomic E-state index is 12.3. The first-order valence-corrected chi connectivity index (χ1v) is 10.1. The Hall–Kier alpha value is -3.99. The lowest BCUT2D eigenvalue weighted by Crippen LogP contribution is -2.31. The molecule has 4 aromatic rings. The van der Waals surface area contributed by atoms with Crippen molar-refractivity contribution in [2.45, 2.75) is 13.0 Å². The molecule has 1 heterocycles. The first kappa shape index (κ1) is 20.3. The Morgan fingerprint density at radius 1 is 0.839 bits per heavy atom. The van der Waals surface area contributed by atoms with Crippen LogP contribution in [0.15, 0.2) is 91.0 Å². The topological polar surface area (TPSA) is 68.3 Å². The van der Waals surface area contributed by atoms with Gasteiger partial charge in [0, 0.05) is 5.39 Å². The van der Waals surface area contributed by atoms with E-state index in [0.29, 0.717) is 5.52 Å². The average molecular weight is 410 g/mol. The highest BCUT2D eigenvalue weighted by atomic mass is 16.5. The first-order chi connectivity index (χ1) is 15.1. The standard InChI is InChI=1S/C26H22N2O3/c1-18(19-11-13-21(14-12-19)20-7-3-2-4-8-20)27-25(29)17-31-26(30)24-16-15-22-9-5-6-10-23(22)28-24/h2-16,18H,17H2,1H3,(H,27,29). The van der Waals surface area contributed by atoms with Crippen molar-refractivity contribution in [1.82, 2.24) is 10.3 Å². The van der Waals surface area contributed by atoms with E-state index in [2.05, 4.69) is 22.4 Å². The number of amides is 1. The van der Waals surface area contributed by atoms with Crippen LogP contribution in [0, 0.1) is 0 Å². The molecule has 0 bridgehead atoms. The quantitative estimate of drug-likeness (QED) is 0.457. The predicted octanol–water partition coefficient (Wildman–Crippen LogP) is 4.94. The number of aromatic nitrogens is 1. The molecule has 1 unspecified atom stereocenters. The van der Waals surface area contributed by atoms with Gasteiger partial charge in [-0.1, -0.05) is 78.9 Å². The van der Waals surface area contributed by atoms with E-state index in [1.807, 2.05) is 73.7 Å². The summed E-state index contributed by atoms with van der Waals surface area (Å²) in [4.78, 5) is 28.8. The fourth-order valence-electron chi connectivity index (χ4n) is 3.35. The molecule has 0 spiro atoms. The molecule has 3 aromatic carbocycles. The largest absolute Gasteiger partial charge is 0.451 e. The maximum atomic E-state index is 12.3. The van der Waals surface area contributed by atoms with Gasteiger partial charge in [-0.3, -0.25) is 4.79 Å². The lowest BCUT2D eigenvalue weighted by Gasteiger charge is -2.15. The highest BCUT2D eigenvalue weighted by Crippen LogP contribution is 2.21. The van der Waals surface area contributed by atoms with Crippen molar-refractivity contribution in [2.75, 3.05) is 6.61 Å². The number of carbonyl (C=O) groups is 2. The number of carbonyl (C=O) groups excluding carboxylic acids is 2. The molecule has 0 aliphatic heterocycles. The third-order valence-corrected chi connectivity index (χ3v) is 5.04. The molecule has 154 valence electrons. The molecular weight excluding hydrogens is 388 g/mol.